The van der Waals surface area contributed by atoms with Gasteiger partial charge in [-0.25, -0.2) is 4.79 Å². The summed E-state index contributed by atoms with van der Waals surface area (Å²) in [6.07, 6.45) is 0.840. The molecule has 2 aromatic rings. The van der Waals surface area contributed by atoms with Crippen molar-refractivity contribution in [3.05, 3.63) is 52.5 Å². The third-order valence-corrected chi connectivity index (χ3v) is 5.11. The lowest BCUT2D eigenvalue weighted by Crippen LogP contribution is -2.43. The Balaban J connectivity index is 1.68. The monoisotopic (exact) mass is 359 g/mol. The number of halogens is 1. The molecule has 0 fully saturated rings. The van der Waals surface area contributed by atoms with Crippen LogP contribution in [0.5, 0.6) is 11.5 Å². The maximum atomic E-state index is 11.8. The molecule has 4 rings (SSSR count). The molecule has 1 spiro atoms. The van der Waals surface area contributed by atoms with E-state index in [1.807, 2.05) is 18.2 Å². The molecule has 2 aliphatic rings. The van der Waals surface area contributed by atoms with Crippen molar-refractivity contribution >= 4 is 23.3 Å². The quantitative estimate of drug-likeness (QED) is 0.788. The molecular formula is C19H18ClNO4. The number of benzene rings is 2. The number of anilines is 1. The number of methoxy groups -OCH3 is 1. The highest BCUT2D eigenvalue weighted by molar-refractivity contribution is 6.30. The van der Waals surface area contributed by atoms with Crippen molar-refractivity contribution in [2.45, 2.75) is 11.8 Å². The van der Waals surface area contributed by atoms with E-state index in [1.165, 1.54) is 7.11 Å². The Bertz CT molecular complexity index is 838. The van der Waals surface area contributed by atoms with Gasteiger partial charge < -0.3 is 19.5 Å². The smallest absolute Gasteiger partial charge is 0.337 e. The fraction of sp³-hybridized carbons (Fsp3) is 0.316. The van der Waals surface area contributed by atoms with E-state index >= 15 is 0 Å². The summed E-state index contributed by atoms with van der Waals surface area (Å²) in [7, 11) is 1.37. The normalized spacial score (nSPS) is 21.0. The van der Waals surface area contributed by atoms with Crippen LogP contribution < -0.4 is 14.8 Å². The number of hydrogen-bond acceptors (Lipinski definition) is 5. The summed E-state index contributed by atoms with van der Waals surface area (Å²) in [6.45, 7) is 1.83. The third-order valence-electron chi connectivity index (χ3n) is 4.88. The summed E-state index contributed by atoms with van der Waals surface area (Å²) < 4.78 is 16.7. The molecule has 0 amide bonds. The van der Waals surface area contributed by atoms with Crippen LogP contribution in [0.3, 0.4) is 0 Å². The molecule has 5 nitrogen and oxygen atoms in total. The lowest BCUT2D eigenvalue weighted by molar-refractivity contribution is 0.0600. The maximum absolute atomic E-state index is 11.8. The Hall–Kier alpha value is -2.40. The van der Waals surface area contributed by atoms with Crippen molar-refractivity contribution in [2.75, 3.05) is 32.2 Å². The highest BCUT2D eigenvalue weighted by atomic mass is 35.5. The molecule has 6 heteroatoms. The highest BCUT2D eigenvalue weighted by Crippen LogP contribution is 2.43. The summed E-state index contributed by atoms with van der Waals surface area (Å²) in [6, 6.07) is 11.0. The van der Waals surface area contributed by atoms with Crippen LogP contribution in [0.4, 0.5) is 5.69 Å². The second-order valence-electron chi connectivity index (χ2n) is 6.36. The van der Waals surface area contributed by atoms with E-state index in [9.17, 15) is 4.79 Å². The van der Waals surface area contributed by atoms with Gasteiger partial charge in [0.1, 0.15) is 11.5 Å². The molecule has 2 aromatic carbocycles. The zero-order valence-electron chi connectivity index (χ0n) is 13.8. The van der Waals surface area contributed by atoms with Gasteiger partial charge in [0.05, 0.1) is 37.0 Å². The minimum absolute atomic E-state index is 0.206. The summed E-state index contributed by atoms with van der Waals surface area (Å²) in [5.41, 5.74) is 2.17. The third kappa shape index (κ3) is 2.78. The number of fused-ring (bicyclic) bond motifs is 3. The predicted octanol–water partition coefficient (Wildman–Crippen LogP) is 3.65. The molecule has 0 aliphatic carbocycles. The average Bonchev–Trinajstić information content (AvgIpc) is 2.81. The topological polar surface area (TPSA) is 56.8 Å². The fourth-order valence-electron chi connectivity index (χ4n) is 3.45. The number of nitrogens with one attached hydrogen (secondary N) is 1. The number of rotatable bonds is 1. The van der Waals surface area contributed by atoms with E-state index in [0.29, 0.717) is 30.3 Å². The van der Waals surface area contributed by atoms with Gasteiger partial charge in [0, 0.05) is 17.1 Å². The van der Waals surface area contributed by atoms with E-state index in [0.717, 1.165) is 29.2 Å². The minimum Gasteiger partial charge on any atom is -0.493 e. The molecule has 2 heterocycles. The predicted molar refractivity (Wildman–Crippen MR) is 95.0 cm³/mol. The van der Waals surface area contributed by atoms with Crippen LogP contribution in [-0.4, -0.2) is 32.8 Å². The van der Waals surface area contributed by atoms with E-state index < -0.39 is 0 Å². The maximum Gasteiger partial charge on any atom is 0.337 e. The molecule has 25 heavy (non-hydrogen) atoms. The Morgan fingerprint density at radius 3 is 2.92 bits per heavy atom. The molecule has 0 bridgehead atoms. The minimum atomic E-state index is -0.366. The lowest BCUT2D eigenvalue weighted by atomic mass is 9.76. The van der Waals surface area contributed by atoms with E-state index in [4.69, 9.17) is 25.8 Å². The molecule has 0 aromatic heterocycles. The molecule has 0 saturated carbocycles. The van der Waals surface area contributed by atoms with Gasteiger partial charge in [0.15, 0.2) is 0 Å². The van der Waals surface area contributed by atoms with Gasteiger partial charge in [-0.3, -0.25) is 0 Å². The number of esters is 1. The van der Waals surface area contributed by atoms with Crippen LogP contribution in [0.25, 0.3) is 0 Å². The summed E-state index contributed by atoms with van der Waals surface area (Å²) >= 11 is 6.10. The molecule has 2 aliphatic heterocycles. The molecule has 1 N–H and O–H groups in total. The van der Waals surface area contributed by atoms with Gasteiger partial charge in [-0.15, -0.1) is 0 Å². The van der Waals surface area contributed by atoms with Crippen molar-refractivity contribution < 1.29 is 19.0 Å². The first-order valence-corrected chi connectivity index (χ1v) is 8.51. The second kappa shape index (κ2) is 6.15. The second-order valence-corrected chi connectivity index (χ2v) is 6.80. The Morgan fingerprint density at radius 1 is 1.20 bits per heavy atom. The summed E-state index contributed by atoms with van der Waals surface area (Å²) in [4.78, 5) is 11.8. The van der Waals surface area contributed by atoms with Crippen molar-refractivity contribution in [1.29, 1.82) is 0 Å². The first-order chi connectivity index (χ1) is 12.1. The van der Waals surface area contributed by atoms with Crippen LogP contribution in [0, 0.1) is 0 Å². The first-order valence-electron chi connectivity index (χ1n) is 8.13. The van der Waals surface area contributed by atoms with Crippen LogP contribution >= 0.6 is 11.6 Å². The lowest BCUT2D eigenvalue weighted by Gasteiger charge is -2.37. The fourth-order valence-corrected chi connectivity index (χ4v) is 3.61. The van der Waals surface area contributed by atoms with Gasteiger partial charge in [-0.2, -0.15) is 0 Å². The molecule has 0 saturated heterocycles. The number of hydrogen-bond donors (Lipinski definition) is 1. The number of ether oxygens (including phenoxy) is 3. The Kier molecular flexibility index (Phi) is 3.96. The molecule has 1 unspecified atom stereocenters. The largest absolute Gasteiger partial charge is 0.493 e. The molecule has 0 radical (unpaired) electrons. The zero-order chi connectivity index (χ0) is 17.4. The van der Waals surface area contributed by atoms with Gasteiger partial charge in [-0.05, 0) is 36.8 Å². The molecule has 130 valence electrons. The van der Waals surface area contributed by atoms with Gasteiger partial charge in [-0.1, -0.05) is 17.7 Å². The summed E-state index contributed by atoms with van der Waals surface area (Å²) in [5.74, 6) is 1.17. The SMILES string of the molecule is COC(=O)c1ccc2c(c1)NCC1(CCOc3cc(Cl)ccc31)CO2. The average molecular weight is 360 g/mol. The van der Waals surface area contributed by atoms with Crippen molar-refractivity contribution in [2.24, 2.45) is 0 Å². The standard InChI is InChI=1S/C19H18ClNO4/c1-23-18(22)12-2-5-16-15(8-12)21-10-19(11-25-16)6-7-24-17-9-13(20)3-4-14(17)19/h2-5,8-9,21H,6-7,10-11H2,1H3. The van der Waals surface area contributed by atoms with Gasteiger partial charge >= 0.3 is 5.97 Å². The molecule has 1 atom stereocenters. The number of carbonyl (C=O) groups excluding carboxylic acids is 1. The van der Waals surface area contributed by atoms with Crippen molar-refractivity contribution in [1.82, 2.24) is 0 Å². The number of carbonyl (C=O) groups is 1. The van der Waals surface area contributed by atoms with Gasteiger partial charge in [0.25, 0.3) is 0 Å². The Labute approximate surface area is 150 Å². The van der Waals surface area contributed by atoms with E-state index in [-0.39, 0.29) is 11.4 Å². The highest BCUT2D eigenvalue weighted by Gasteiger charge is 2.40. The van der Waals surface area contributed by atoms with Crippen LogP contribution in [0.2, 0.25) is 5.02 Å². The van der Waals surface area contributed by atoms with Crippen LogP contribution in [0.1, 0.15) is 22.3 Å². The zero-order valence-corrected chi connectivity index (χ0v) is 14.6. The van der Waals surface area contributed by atoms with Crippen molar-refractivity contribution in [3.8, 4) is 11.5 Å². The Morgan fingerprint density at radius 2 is 2.08 bits per heavy atom. The van der Waals surface area contributed by atoms with Crippen LogP contribution in [0.15, 0.2) is 36.4 Å². The van der Waals surface area contributed by atoms with Crippen LogP contribution in [-0.2, 0) is 10.2 Å². The first kappa shape index (κ1) is 16.1. The molecular weight excluding hydrogens is 342 g/mol. The summed E-state index contributed by atoms with van der Waals surface area (Å²) in [5, 5.41) is 4.10. The van der Waals surface area contributed by atoms with E-state index in [2.05, 4.69) is 5.32 Å². The van der Waals surface area contributed by atoms with Crippen molar-refractivity contribution in [3.63, 3.8) is 0 Å². The van der Waals surface area contributed by atoms with Gasteiger partial charge in [0.2, 0.25) is 0 Å². The van der Waals surface area contributed by atoms with E-state index in [1.54, 1.807) is 18.2 Å².